The molecule has 1 saturated heterocycles. The van der Waals surface area contributed by atoms with Crippen molar-refractivity contribution in [2.24, 2.45) is 5.92 Å². The molecule has 0 radical (unpaired) electrons. The molecule has 6 heteroatoms. The van der Waals surface area contributed by atoms with Gasteiger partial charge in [-0.05, 0) is 18.8 Å². The lowest BCUT2D eigenvalue weighted by atomic mass is 10.0. The summed E-state index contributed by atoms with van der Waals surface area (Å²) in [6.45, 7) is 2.45. The number of nitrogens with one attached hydrogen (secondary N) is 1. The molecule has 6 nitrogen and oxygen atoms in total. The Morgan fingerprint density at radius 1 is 1.41 bits per heavy atom. The number of hydrogen-bond donors (Lipinski definition) is 1. The second-order valence-corrected chi connectivity index (χ2v) is 4.36. The average Bonchev–Trinajstić information content (AvgIpc) is 2.73. The van der Waals surface area contributed by atoms with E-state index in [4.69, 9.17) is 4.74 Å². The van der Waals surface area contributed by atoms with Gasteiger partial charge in [-0.1, -0.05) is 0 Å². The van der Waals surface area contributed by atoms with Crippen molar-refractivity contribution in [3.05, 3.63) is 22.7 Å². The standard InChI is InChI=1S/C11H14N4O2/c16-10-6-12-9-5-13-15(11(9)14-10)7-8-1-3-17-4-2-8/h5-6,8H,1-4,7H2,(H,14,16). The first-order valence-electron chi connectivity index (χ1n) is 5.81. The third-order valence-corrected chi connectivity index (χ3v) is 3.15. The Labute approximate surface area is 97.6 Å². The first-order valence-corrected chi connectivity index (χ1v) is 5.81. The van der Waals surface area contributed by atoms with Gasteiger partial charge in [0.15, 0.2) is 5.65 Å². The minimum Gasteiger partial charge on any atom is -0.381 e. The van der Waals surface area contributed by atoms with E-state index < -0.39 is 0 Å². The zero-order valence-corrected chi connectivity index (χ0v) is 9.43. The van der Waals surface area contributed by atoms with Crippen LogP contribution in [0.2, 0.25) is 0 Å². The first-order chi connectivity index (χ1) is 8.33. The Kier molecular flexibility index (Phi) is 2.64. The van der Waals surface area contributed by atoms with Crippen LogP contribution in [0, 0.1) is 5.92 Å². The lowest BCUT2D eigenvalue weighted by Crippen LogP contribution is -2.21. The van der Waals surface area contributed by atoms with Crippen molar-refractivity contribution < 1.29 is 4.74 Å². The van der Waals surface area contributed by atoms with E-state index in [-0.39, 0.29) is 5.56 Å². The van der Waals surface area contributed by atoms with E-state index in [1.807, 2.05) is 4.68 Å². The molecule has 1 aliphatic heterocycles. The summed E-state index contributed by atoms with van der Waals surface area (Å²) >= 11 is 0. The minimum absolute atomic E-state index is 0.189. The van der Waals surface area contributed by atoms with Gasteiger partial charge in [-0.25, -0.2) is 9.67 Å². The fourth-order valence-corrected chi connectivity index (χ4v) is 2.19. The zero-order valence-electron chi connectivity index (χ0n) is 9.43. The Morgan fingerprint density at radius 3 is 3.06 bits per heavy atom. The molecule has 90 valence electrons. The van der Waals surface area contributed by atoms with Crippen molar-refractivity contribution in [1.29, 1.82) is 0 Å². The Hall–Kier alpha value is -1.69. The Balaban J connectivity index is 1.89. The molecule has 0 spiro atoms. The van der Waals surface area contributed by atoms with E-state index in [1.54, 1.807) is 6.20 Å². The highest BCUT2D eigenvalue weighted by Gasteiger charge is 2.16. The van der Waals surface area contributed by atoms with Gasteiger partial charge in [0.05, 0.1) is 12.4 Å². The molecule has 3 rings (SSSR count). The monoisotopic (exact) mass is 234 g/mol. The van der Waals surface area contributed by atoms with E-state index in [2.05, 4.69) is 15.1 Å². The van der Waals surface area contributed by atoms with Gasteiger partial charge in [-0.2, -0.15) is 5.10 Å². The molecule has 0 unspecified atom stereocenters. The van der Waals surface area contributed by atoms with Gasteiger partial charge >= 0.3 is 0 Å². The van der Waals surface area contributed by atoms with Crippen LogP contribution in [-0.2, 0) is 11.3 Å². The van der Waals surface area contributed by atoms with Crippen LogP contribution in [-0.4, -0.2) is 33.0 Å². The van der Waals surface area contributed by atoms with Gasteiger partial charge in [-0.15, -0.1) is 0 Å². The van der Waals surface area contributed by atoms with Crippen molar-refractivity contribution in [2.45, 2.75) is 19.4 Å². The van der Waals surface area contributed by atoms with E-state index in [0.717, 1.165) is 38.1 Å². The van der Waals surface area contributed by atoms with Gasteiger partial charge < -0.3 is 9.72 Å². The third kappa shape index (κ3) is 2.08. The molecule has 0 atom stereocenters. The van der Waals surface area contributed by atoms with E-state index in [0.29, 0.717) is 11.6 Å². The summed E-state index contributed by atoms with van der Waals surface area (Å²) in [4.78, 5) is 18.1. The highest BCUT2D eigenvalue weighted by atomic mass is 16.5. The molecule has 2 aromatic rings. The second kappa shape index (κ2) is 4.29. The predicted molar refractivity (Wildman–Crippen MR) is 61.7 cm³/mol. The smallest absolute Gasteiger partial charge is 0.268 e. The molecule has 0 saturated carbocycles. The predicted octanol–water partition coefficient (Wildman–Crippen LogP) is 0.546. The highest BCUT2D eigenvalue weighted by Crippen LogP contribution is 2.18. The minimum atomic E-state index is -0.189. The first kappa shape index (κ1) is 10.5. The van der Waals surface area contributed by atoms with Gasteiger partial charge in [0.1, 0.15) is 5.52 Å². The van der Waals surface area contributed by atoms with Crippen molar-refractivity contribution >= 4 is 11.2 Å². The van der Waals surface area contributed by atoms with Crippen LogP contribution in [0.5, 0.6) is 0 Å². The molecule has 0 amide bonds. The SMILES string of the molecule is O=c1cnc2cnn(CC3CCOCC3)c2[nH]1. The lowest BCUT2D eigenvalue weighted by molar-refractivity contribution is 0.0605. The number of fused-ring (bicyclic) bond motifs is 1. The number of hydrogen-bond acceptors (Lipinski definition) is 4. The average molecular weight is 234 g/mol. The molecule has 0 bridgehead atoms. The number of rotatable bonds is 2. The zero-order chi connectivity index (χ0) is 11.7. The second-order valence-electron chi connectivity index (χ2n) is 4.36. The summed E-state index contributed by atoms with van der Waals surface area (Å²) in [6, 6.07) is 0. The maximum atomic E-state index is 11.2. The van der Waals surface area contributed by atoms with E-state index in [9.17, 15) is 4.79 Å². The summed E-state index contributed by atoms with van der Waals surface area (Å²) in [6.07, 6.45) is 5.06. The fraction of sp³-hybridized carbons (Fsp3) is 0.545. The summed E-state index contributed by atoms with van der Waals surface area (Å²) in [5, 5.41) is 4.27. The van der Waals surface area contributed by atoms with Crippen molar-refractivity contribution in [1.82, 2.24) is 19.7 Å². The van der Waals surface area contributed by atoms with Crippen molar-refractivity contribution in [3.63, 3.8) is 0 Å². The van der Waals surface area contributed by atoms with Gasteiger partial charge in [-0.3, -0.25) is 4.79 Å². The van der Waals surface area contributed by atoms with Crippen LogP contribution in [0.15, 0.2) is 17.2 Å². The number of nitrogens with zero attached hydrogens (tertiary/aromatic N) is 3. The quantitative estimate of drug-likeness (QED) is 0.823. The molecule has 1 fully saturated rings. The Bertz CT molecular complexity index is 568. The van der Waals surface area contributed by atoms with Gasteiger partial charge in [0.25, 0.3) is 5.56 Å². The molecule has 2 aromatic heterocycles. The molecular formula is C11H14N4O2. The molecule has 3 heterocycles. The summed E-state index contributed by atoms with van der Waals surface area (Å²) in [5.41, 5.74) is 1.26. The normalized spacial score (nSPS) is 17.6. The Morgan fingerprint density at radius 2 is 2.24 bits per heavy atom. The number of ether oxygens (including phenoxy) is 1. The lowest BCUT2D eigenvalue weighted by Gasteiger charge is -2.21. The molecular weight excluding hydrogens is 220 g/mol. The number of H-pyrrole nitrogens is 1. The van der Waals surface area contributed by atoms with Crippen molar-refractivity contribution in [2.75, 3.05) is 13.2 Å². The molecule has 17 heavy (non-hydrogen) atoms. The van der Waals surface area contributed by atoms with Gasteiger partial charge in [0, 0.05) is 19.8 Å². The maximum Gasteiger partial charge on any atom is 0.268 e. The summed E-state index contributed by atoms with van der Waals surface area (Å²) in [5.74, 6) is 0.565. The van der Waals surface area contributed by atoms with Crippen LogP contribution < -0.4 is 5.56 Å². The topological polar surface area (TPSA) is 72.8 Å². The van der Waals surface area contributed by atoms with Crippen LogP contribution >= 0.6 is 0 Å². The highest BCUT2D eigenvalue weighted by molar-refractivity contribution is 5.68. The van der Waals surface area contributed by atoms with Crippen LogP contribution in [0.4, 0.5) is 0 Å². The van der Waals surface area contributed by atoms with E-state index in [1.165, 1.54) is 6.20 Å². The maximum absolute atomic E-state index is 11.2. The van der Waals surface area contributed by atoms with Crippen molar-refractivity contribution in [3.8, 4) is 0 Å². The van der Waals surface area contributed by atoms with Crippen LogP contribution in [0.3, 0.4) is 0 Å². The number of aromatic amines is 1. The van der Waals surface area contributed by atoms with Crippen LogP contribution in [0.25, 0.3) is 11.2 Å². The fourth-order valence-electron chi connectivity index (χ4n) is 2.19. The number of aromatic nitrogens is 4. The molecule has 0 aromatic carbocycles. The van der Waals surface area contributed by atoms with Gasteiger partial charge in [0.2, 0.25) is 0 Å². The molecule has 0 aliphatic carbocycles. The third-order valence-electron chi connectivity index (χ3n) is 3.15. The largest absolute Gasteiger partial charge is 0.381 e. The van der Waals surface area contributed by atoms with E-state index >= 15 is 0 Å². The molecule has 1 aliphatic rings. The summed E-state index contributed by atoms with van der Waals surface area (Å²) < 4.78 is 7.16. The summed E-state index contributed by atoms with van der Waals surface area (Å²) in [7, 11) is 0. The molecule has 1 N–H and O–H groups in total. The van der Waals surface area contributed by atoms with Crippen LogP contribution in [0.1, 0.15) is 12.8 Å².